The fraction of sp³-hybridized carbons (Fsp3) is 0.522. The number of allylic oxidation sites excluding steroid dienone is 1. The number of hydrogen-bond acceptors (Lipinski definition) is 5. The van der Waals surface area contributed by atoms with Crippen molar-refractivity contribution in [3.63, 3.8) is 0 Å². The number of para-hydroxylation sites is 2. The van der Waals surface area contributed by atoms with Crippen LogP contribution in [0.4, 0.5) is 5.69 Å². The minimum absolute atomic E-state index is 0.0935. The summed E-state index contributed by atoms with van der Waals surface area (Å²) in [6, 6.07) is 7.47. The average molecular weight is 429 g/mol. The zero-order valence-corrected chi connectivity index (χ0v) is 18.6. The molecule has 30 heavy (non-hydrogen) atoms. The molecule has 0 radical (unpaired) electrons. The van der Waals surface area contributed by atoms with Crippen molar-refractivity contribution in [1.29, 1.82) is 0 Å². The second kappa shape index (κ2) is 11.8. The Hall–Kier alpha value is -2.28. The van der Waals surface area contributed by atoms with Crippen LogP contribution < -0.4 is 10.1 Å². The van der Waals surface area contributed by atoms with Gasteiger partial charge in [0.05, 0.1) is 18.0 Å². The molecule has 0 saturated heterocycles. The van der Waals surface area contributed by atoms with Crippen molar-refractivity contribution < 1.29 is 9.53 Å². The Balaban J connectivity index is 1.57. The number of ether oxygens (including phenoxy) is 1. The Morgan fingerprint density at radius 1 is 1.30 bits per heavy atom. The lowest BCUT2D eigenvalue weighted by molar-refractivity contribution is -0.113. The van der Waals surface area contributed by atoms with E-state index in [4.69, 9.17) is 4.74 Å². The number of amides is 1. The van der Waals surface area contributed by atoms with E-state index in [0.717, 1.165) is 29.7 Å². The Bertz CT molecular complexity index is 830. The number of hydrogen-bond donors (Lipinski definition) is 1. The molecule has 1 saturated carbocycles. The highest BCUT2D eigenvalue weighted by atomic mass is 32.2. The average Bonchev–Trinajstić information content (AvgIpc) is 3.15. The summed E-state index contributed by atoms with van der Waals surface area (Å²) in [5.41, 5.74) is 0.686. The molecule has 7 heteroatoms. The SMILES string of the molecule is C=CCn1c(CCC2CCCCC2)nnc1SCC(=O)Nc1ccccc1OCC. The molecule has 1 fully saturated rings. The van der Waals surface area contributed by atoms with Crippen molar-refractivity contribution in [3.05, 3.63) is 42.7 Å². The topological polar surface area (TPSA) is 69.0 Å². The molecule has 2 aromatic rings. The van der Waals surface area contributed by atoms with Crippen molar-refractivity contribution in [1.82, 2.24) is 14.8 Å². The lowest BCUT2D eigenvalue weighted by Gasteiger charge is -2.21. The first-order valence-corrected chi connectivity index (χ1v) is 11.9. The summed E-state index contributed by atoms with van der Waals surface area (Å²) in [6.07, 6.45) is 10.7. The van der Waals surface area contributed by atoms with Crippen LogP contribution in [-0.2, 0) is 17.8 Å². The van der Waals surface area contributed by atoms with Crippen LogP contribution in [0.25, 0.3) is 0 Å². The van der Waals surface area contributed by atoms with Crippen LogP contribution in [0.5, 0.6) is 5.75 Å². The molecule has 3 rings (SSSR count). The van der Waals surface area contributed by atoms with Gasteiger partial charge in [0.2, 0.25) is 5.91 Å². The van der Waals surface area contributed by atoms with Gasteiger partial charge in [-0.2, -0.15) is 0 Å². The maximum absolute atomic E-state index is 12.5. The Kier molecular flexibility index (Phi) is 8.81. The number of benzene rings is 1. The molecule has 1 aliphatic carbocycles. The molecule has 0 unspecified atom stereocenters. The van der Waals surface area contributed by atoms with E-state index in [-0.39, 0.29) is 11.7 Å². The van der Waals surface area contributed by atoms with Gasteiger partial charge in [0.15, 0.2) is 5.16 Å². The van der Waals surface area contributed by atoms with Gasteiger partial charge < -0.3 is 14.6 Å². The number of anilines is 1. The summed E-state index contributed by atoms with van der Waals surface area (Å²) in [5.74, 6) is 2.64. The summed E-state index contributed by atoms with van der Waals surface area (Å²) < 4.78 is 7.66. The maximum Gasteiger partial charge on any atom is 0.234 e. The summed E-state index contributed by atoms with van der Waals surface area (Å²) in [4.78, 5) is 12.5. The normalized spacial score (nSPS) is 14.4. The highest BCUT2D eigenvalue weighted by molar-refractivity contribution is 7.99. The quantitative estimate of drug-likeness (QED) is 0.398. The first-order valence-electron chi connectivity index (χ1n) is 10.9. The van der Waals surface area contributed by atoms with E-state index < -0.39 is 0 Å². The summed E-state index contributed by atoms with van der Waals surface area (Å²) >= 11 is 1.40. The van der Waals surface area contributed by atoms with Crippen LogP contribution >= 0.6 is 11.8 Å². The maximum atomic E-state index is 12.5. The van der Waals surface area contributed by atoms with Gasteiger partial charge in [0, 0.05) is 13.0 Å². The van der Waals surface area contributed by atoms with Crippen LogP contribution in [0.15, 0.2) is 42.1 Å². The largest absolute Gasteiger partial charge is 0.492 e. The highest BCUT2D eigenvalue weighted by Crippen LogP contribution is 2.28. The van der Waals surface area contributed by atoms with E-state index in [0.29, 0.717) is 24.6 Å². The molecule has 1 heterocycles. The zero-order chi connectivity index (χ0) is 21.2. The number of thioether (sulfide) groups is 1. The summed E-state index contributed by atoms with van der Waals surface area (Å²) in [7, 11) is 0. The van der Waals surface area contributed by atoms with Crippen LogP contribution in [0.2, 0.25) is 0 Å². The van der Waals surface area contributed by atoms with Crippen LogP contribution in [0, 0.1) is 5.92 Å². The third-order valence-electron chi connectivity index (χ3n) is 5.40. The molecule has 1 aliphatic rings. The highest BCUT2D eigenvalue weighted by Gasteiger charge is 2.18. The van der Waals surface area contributed by atoms with Gasteiger partial charge in [-0.3, -0.25) is 4.79 Å². The molecule has 0 atom stereocenters. The van der Waals surface area contributed by atoms with E-state index >= 15 is 0 Å². The fourth-order valence-electron chi connectivity index (χ4n) is 3.90. The van der Waals surface area contributed by atoms with E-state index in [9.17, 15) is 4.79 Å². The van der Waals surface area contributed by atoms with Gasteiger partial charge in [-0.15, -0.1) is 16.8 Å². The first-order chi connectivity index (χ1) is 14.7. The third-order valence-corrected chi connectivity index (χ3v) is 6.37. The van der Waals surface area contributed by atoms with Gasteiger partial charge in [0.1, 0.15) is 11.6 Å². The van der Waals surface area contributed by atoms with Crippen molar-refractivity contribution in [3.8, 4) is 5.75 Å². The van der Waals surface area contributed by atoms with Crippen molar-refractivity contribution in [2.75, 3.05) is 17.7 Å². The molecule has 1 amide bonds. The molecule has 6 nitrogen and oxygen atoms in total. The molecule has 0 bridgehead atoms. The molecule has 1 aromatic heterocycles. The van der Waals surface area contributed by atoms with Crippen molar-refractivity contribution in [2.24, 2.45) is 5.92 Å². The first kappa shape index (κ1) is 22.4. The number of rotatable bonds is 11. The van der Waals surface area contributed by atoms with Crippen LogP contribution in [-0.4, -0.2) is 33.0 Å². The van der Waals surface area contributed by atoms with E-state index in [1.165, 1.54) is 43.9 Å². The second-order valence-corrected chi connectivity index (χ2v) is 8.55. The fourth-order valence-corrected chi connectivity index (χ4v) is 4.67. The molecular weight excluding hydrogens is 396 g/mol. The van der Waals surface area contributed by atoms with Gasteiger partial charge in [0.25, 0.3) is 0 Å². The van der Waals surface area contributed by atoms with E-state index in [1.807, 2.05) is 37.3 Å². The van der Waals surface area contributed by atoms with Gasteiger partial charge in [-0.25, -0.2) is 0 Å². The smallest absolute Gasteiger partial charge is 0.234 e. The number of carbonyl (C=O) groups is 1. The molecule has 162 valence electrons. The van der Waals surface area contributed by atoms with Gasteiger partial charge in [-0.05, 0) is 31.4 Å². The zero-order valence-electron chi connectivity index (χ0n) is 17.8. The molecule has 1 aromatic carbocycles. The summed E-state index contributed by atoms with van der Waals surface area (Å²) in [6.45, 7) is 7.00. The molecule has 0 aliphatic heterocycles. The van der Waals surface area contributed by atoms with Crippen LogP contribution in [0.1, 0.15) is 51.3 Å². The Labute approximate surface area is 183 Å². The molecule has 1 N–H and O–H groups in total. The third kappa shape index (κ3) is 6.36. The number of aryl methyl sites for hydroxylation is 1. The lowest BCUT2D eigenvalue weighted by atomic mass is 9.86. The second-order valence-electron chi connectivity index (χ2n) is 7.61. The minimum atomic E-state index is -0.0935. The standard InChI is InChI=1S/C23H32N4O2S/c1-3-16-27-21(15-14-18-10-6-5-7-11-18)25-26-23(27)30-17-22(28)24-19-12-8-9-13-20(19)29-4-2/h3,8-9,12-13,18H,1,4-7,10-11,14-17H2,2H3,(H,24,28). The number of carbonyl (C=O) groups excluding carboxylic acids is 1. The minimum Gasteiger partial charge on any atom is -0.492 e. The monoisotopic (exact) mass is 428 g/mol. The summed E-state index contributed by atoms with van der Waals surface area (Å²) in [5, 5.41) is 12.5. The van der Waals surface area contributed by atoms with Crippen molar-refractivity contribution >= 4 is 23.4 Å². The molecular formula is C23H32N4O2S. The van der Waals surface area contributed by atoms with E-state index in [1.54, 1.807) is 0 Å². The molecule has 0 spiro atoms. The van der Waals surface area contributed by atoms with Gasteiger partial charge in [-0.1, -0.05) is 62.1 Å². The van der Waals surface area contributed by atoms with Crippen LogP contribution in [0.3, 0.4) is 0 Å². The predicted molar refractivity (Wildman–Crippen MR) is 122 cm³/mol. The number of nitrogens with one attached hydrogen (secondary N) is 1. The van der Waals surface area contributed by atoms with Gasteiger partial charge >= 0.3 is 0 Å². The number of nitrogens with zero attached hydrogens (tertiary/aromatic N) is 3. The lowest BCUT2D eigenvalue weighted by Crippen LogP contribution is -2.15. The number of aromatic nitrogens is 3. The predicted octanol–water partition coefficient (Wildman–Crippen LogP) is 5.11. The Morgan fingerprint density at radius 2 is 2.10 bits per heavy atom. The Morgan fingerprint density at radius 3 is 2.87 bits per heavy atom. The van der Waals surface area contributed by atoms with Crippen molar-refractivity contribution in [2.45, 2.75) is 63.6 Å². The van der Waals surface area contributed by atoms with E-state index in [2.05, 4.69) is 26.7 Å².